The summed E-state index contributed by atoms with van der Waals surface area (Å²) in [5.74, 6) is 0.217. The number of fused-ring (bicyclic) bond motifs is 1. The summed E-state index contributed by atoms with van der Waals surface area (Å²) >= 11 is 0. The Labute approximate surface area is 142 Å². The van der Waals surface area contributed by atoms with E-state index in [1.165, 1.54) is 22.1 Å². The second-order valence-corrected chi connectivity index (χ2v) is 6.80. The Bertz CT molecular complexity index is 859. The van der Waals surface area contributed by atoms with Gasteiger partial charge in [-0.15, -0.1) is 0 Å². The Balaban J connectivity index is 1.71. The van der Waals surface area contributed by atoms with Gasteiger partial charge < -0.3 is 10.3 Å². The lowest BCUT2D eigenvalue weighted by Gasteiger charge is -2.17. The van der Waals surface area contributed by atoms with Crippen LogP contribution in [-0.4, -0.2) is 16.9 Å². The van der Waals surface area contributed by atoms with Crippen LogP contribution < -0.4 is 5.32 Å². The molecule has 3 aromatic rings. The second-order valence-electron chi connectivity index (χ2n) is 6.80. The van der Waals surface area contributed by atoms with Crippen molar-refractivity contribution in [3.63, 3.8) is 0 Å². The molecule has 3 heteroatoms. The van der Waals surface area contributed by atoms with Gasteiger partial charge in [-0.2, -0.15) is 0 Å². The molecule has 1 unspecified atom stereocenters. The molecule has 0 bridgehead atoms. The summed E-state index contributed by atoms with van der Waals surface area (Å²) < 4.78 is 0. The van der Waals surface area contributed by atoms with Crippen molar-refractivity contribution in [2.75, 3.05) is 0 Å². The molecule has 0 spiro atoms. The zero-order valence-electron chi connectivity index (χ0n) is 13.9. The van der Waals surface area contributed by atoms with Crippen LogP contribution >= 0.6 is 0 Å². The molecule has 0 saturated heterocycles. The minimum absolute atomic E-state index is 0.0699. The van der Waals surface area contributed by atoms with E-state index in [-0.39, 0.29) is 11.8 Å². The number of aromatic nitrogens is 1. The Morgan fingerprint density at radius 2 is 1.92 bits per heavy atom. The number of H-pyrrole nitrogens is 1. The highest BCUT2D eigenvalue weighted by molar-refractivity contribution is 5.86. The van der Waals surface area contributed by atoms with Gasteiger partial charge in [0, 0.05) is 35.5 Å². The number of carbonyl (C=O) groups is 1. The van der Waals surface area contributed by atoms with E-state index in [1.54, 1.807) is 0 Å². The topological polar surface area (TPSA) is 44.9 Å². The molecule has 1 aromatic heterocycles. The van der Waals surface area contributed by atoms with Gasteiger partial charge in [0.15, 0.2) is 0 Å². The summed E-state index contributed by atoms with van der Waals surface area (Å²) in [6.45, 7) is 2.09. The minimum atomic E-state index is 0.0699. The number of carbonyl (C=O) groups excluding carboxylic acids is 1. The predicted octanol–water partition coefficient (Wildman–Crippen LogP) is 4.28. The van der Waals surface area contributed by atoms with Gasteiger partial charge in [-0.3, -0.25) is 4.79 Å². The van der Waals surface area contributed by atoms with Crippen LogP contribution in [0.4, 0.5) is 0 Å². The first kappa shape index (κ1) is 15.0. The number of nitrogens with one attached hydrogen (secondary N) is 2. The molecular weight excluding hydrogens is 296 g/mol. The van der Waals surface area contributed by atoms with Gasteiger partial charge in [-0.05, 0) is 37.0 Å². The van der Waals surface area contributed by atoms with E-state index in [2.05, 4.69) is 65.9 Å². The maximum absolute atomic E-state index is 12.5. The van der Waals surface area contributed by atoms with Gasteiger partial charge in [-0.1, -0.05) is 48.0 Å². The molecular formula is C21H22N2O. The Hall–Kier alpha value is -2.55. The molecule has 1 fully saturated rings. The van der Waals surface area contributed by atoms with Crippen LogP contribution in [0.25, 0.3) is 10.9 Å². The van der Waals surface area contributed by atoms with Crippen molar-refractivity contribution in [3.8, 4) is 0 Å². The minimum Gasteiger partial charge on any atom is -0.361 e. The fourth-order valence-corrected chi connectivity index (χ4v) is 3.29. The van der Waals surface area contributed by atoms with Crippen molar-refractivity contribution in [2.24, 2.45) is 0 Å². The lowest BCUT2D eigenvalue weighted by Crippen LogP contribution is -2.27. The molecule has 1 amide bonds. The first-order valence-electron chi connectivity index (χ1n) is 8.62. The van der Waals surface area contributed by atoms with E-state index in [9.17, 15) is 4.79 Å². The van der Waals surface area contributed by atoms with Crippen LogP contribution in [0.5, 0.6) is 0 Å². The average molecular weight is 318 g/mol. The first-order valence-corrected chi connectivity index (χ1v) is 8.62. The molecule has 2 aromatic carbocycles. The van der Waals surface area contributed by atoms with Crippen LogP contribution in [0.15, 0.2) is 54.7 Å². The third-order valence-electron chi connectivity index (χ3n) is 4.81. The van der Waals surface area contributed by atoms with Crippen LogP contribution in [0.1, 0.15) is 41.9 Å². The number of para-hydroxylation sites is 1. The fraction of sp³-hybridized carbons (Fsp3) is 0.286. The molecule has 1 aliphatic rings. The van der Waals surface area contributed by atoms with Crippen LogP contribution in [0.3, 0.4) is 0 Å². The van der Waals surface area contributed by atoms with E-state index in [0.29, 0.717) is 12.5 Å². The second kappa shape index (κ2) is 6.16. The lowest BCUT2D eigenvalue weighted by molar-refractivity contribution is -0.121. The number of rotatable bonds is 5. The maximum Gasteiger partial charge on any atom is 0.221 e. The first-order chi connectivity index (χ1) is 11.7. The maximum atomic E-state index is 12.5. The average Bonchev–Trinajstić information content (AvgIpc) is 3.30. The summed E-state index contributed by atoms with van der Waals surface area (Å²) in [6.07, 6.45) is 4.78. The molecule has 1 saturated carbocycles. The largest absolute Gasteiger partial charge is 0.361 e. The van der Waals surface area contributed by atoms with Crippen molar-refractivity contribution < 1.29 is 4.79 Å². The third kappa shape index (κ3) is 3.07. The normalized spacial score (nSPS) is 15.4. The highest BCUT2D eigenvalue weighted by atomic mass is 16.1. The molecule has 2 N–H and O–H groups in total. The number of hydrogen-bond donors (Lipinski definition) is 2. The Morgan fingerprint density at radius 1 is 1.17 bits per heavy atom. The summed E-state index contributed by atoms with van der Waals surface area (Å²) in [5.41, 5.74) is 4.74. The molecule has 1 heterocycles. The number of hydrogen-bond acceptors (Lipinski definition) is 1. The Morgan fingerprint density at radius 3 is 2.67 bits per heavy atom. The van der Waals surface area contributed by atoms with Crippen molar-refractivity contribution in [1.82, 2.24) is 10.3 Å². The molecule has 24 heavy (non-hydrogen) atoms. The predicted molar refractivity (Wildman–Crippen MR) is 97.1 cm³/mol. The van der Waals surface area contributed by atoms with Gasteiger partial charge >= 0.3 is 0 Å². The van der Waals surface area contributed by atoms with Gasteiger partial charge in [0.05, 0.1) is 0 Å². The van der Waals surface area contributed by atoms with Crippen molar-refractivity contribution >= 4 is 16.8 Å². The molecule has 0 aliphatic heterocycles. The van der Waals surface area contributed by atoms with E-state index in [0.717, 1.165) is 18.4 Å². The monoisotopic (exact) mass is 318 g/mol. The molecule has 1 atom stereocenters. The van der Waals surface area contributed by atoms with Gasteiger partial charge in [0.1, 0.15) is 0 Å². The van der Waals surface area contributed by atoms with Gasteiger partial charge in [0.2, 0.25) is 5.91 Å². The fourth-order valence-electron chi connectivity index (χ4n) is 3.29. The number of benzene rings is 2. The summed E-state index contributed by atoms with van der Waals surface area (Å²) in [5, 5.41) is 4.32. The van der Waals surface area contributed by atoms with E-state index in [4.69, 9.17) is 0 Å². The van der Waals surface area contributed by atoms with Gasteiger partial charge in [-0.25, -0.2) is 0 Å². The highest BCUT2D eigenvalue weighted by Crippen LogP contribution is 2.34. The van der Waals surface area contributed by atoms with E-state index < -0.39 is 0 Å². The summed E-state index contributed by atoms with van der Waals surface area (Å²) in [4.78, 5) is 15.8. The SMILES string of the molecule is Cc1ccc(C(CC(=O)NC2CC2)c2c[nH]c3ccccc23)cc1. The van der Waals surface area contributed by atoms with E-state index >= 15 is 0 Å². The zero-order chi connectivity index (χ0) is 16.5. The standard InChI is InChI=1S/C21H22N2O/c1-14-6-8-15(9-7-14)18(12-21(24)23-16-10-11-16)19-13-22-20-5-3-2-4-17(19)20/h2-9,13,16,18,22H,10-12H2,1H3,(H,23,24). The van der Waals surface area contributed by atoms with Crippen LogP contribution in [0.2, 0.25) is 0 Å². The van der Waals surface area contributed by atoms with Crippen LogP contribution in [-0.2, 0) is 4.79 Å². The quantitative estimate of drug-likeness (QED) is 0.725. The molecule has 4 rings (SSSR count). The summed E-state index contributed by atoms with van der Waals surface area (Å²) in [7, 11) is 0. The number of aromatic amines is 1. The smallest absolute Gasteiger partial charge is 0.221 e. The molecule has 3 nitrogen and oxygen atoms in total. The highest BCUT2D eigenvalue weighted by Gasteiger charge is 2.26. The number of aryl methyl sites for hydroxylation is 1. The van der Waals surface area contributed by atoms with Gasteiger partial charge in [0.25, 0.3) is 0 Å². The Kier molecular flexibility index (Phi) is 3.85. The lowest BCUT2D eigenvalue weighted by atomic mass is 9.87. The van der Waals surface area contributed by atoms with Crippen molar-refractivity contribution in [2.45, 2.75) is 38.1 Å². The number of amides is 1. The third-order valence-corrected chi connectivity index (χ3v) is 4.81. The van der Waals surface area contributed by atoms with E-state index in [1.807, 2.05) is 6.07 Å². The van der Waals surface area contributed by atoms with Crippen molar-refractivity contribution in [3.05, 3.63) is 71.4 Å². The molecule has 122 valence electrons. The molecule has 0 radical (unpaired) electrons. The molecule has 1 aliphatic carbocycles. The zero-order valence-corrected chi connectivity index (χ0v) is 13.9. The van der Waals surface area contributed by atoms with Crippen molar-refractivity contribution in [1.29, 1.82) is 0 Å². The van der Waals surface area contributed by atoms with Crippen LogP contribution in [0, 0.1) is 6.92 Å². The summed E-state index contributed by atoms with van der Waals surface area (Å²) in [6, 6.07) is 17.2.